The first-order chi connectivity index (χ1) is 13.8. The number of rotatable bonds is 4. The van der Waals surface area contributed by atoms with Crippen LogP contribution >= 0.6 is 0 Å². The van der Waals surface area contributed by atoms with E-state index >= 15 is 0 Å². The van der Waals surface area contributed by atoms with Crippen molar-refractivity contribution in [2.75, 3.05) is 38.2 Å². The third-order valence-corrected chi connectivity index (χ3v) is 5.68. The standard InChI is InChI=1S/C22H25N5O/c1-28-22-24-20-15-26(13-17-7-4-6-16-5-2-3-8-18(16)17)14-19(20)21(25-22)27-11-9-23-10-12-27/h2-8,23H,9-15H2,1H3. The quantitative estimate of drug-likeness (QED) is 0.756. The normalized spacial score (nSPS) is 17.1. The Morgan fingerprint density at radius 3 is 2.68 bits per heavy atom. The second-order valence-electron chi connectivity index (χ2n) is 7.48. The topological polar surface area (TPSA) is 53.5 Å². The number of nitrogens with zero attached hydrogens (tertiary/aromatic N) is 4. The molecule has 28 heavy (non-hydrogen) atoms. The van der Waals surface area contributed by atoms with Gasteiger partial charge in [-0.25, -0.2) is 0 Å². The molecule has 0 saturated carbocycles. The fourth-order valence-corrected chi connectivity index (χ4v) is 4.29. The molecule has 144 valence electrons. The molecule has 1 saturated heterocycles. The molecule has 6 nitrogen and oxygen atoms in total. The molecule has 3 heterocycles. The zero-order valence-electron chi connectivity index (χ0n) is 16.2. The Hall–Kier alpha value is -2.70. The summed E-state index contributed by atoms with van der Waals surface area (Å²) < 4.78 is 5.40. The maximum atomic E-state index is 5.40. The fraction of sp³-hybridized carbons (Fsp3) is 0.364. The Morgan fingerprint density at radius 2 is 1.82 bits per heavy atom. The first-order valence-corrected chi connectivity index (χ1v) is 9.90. The number of piperazine rings is 1. The van der Waals surface area contributed by atoms with E-state index in [4.69, 9.17) is 9.72 Å². The predicted octanol–water partition coefficient (Wildman–Crippen LogP) is 2.56. The summed E-state index contributed by atoms with van der Waals surface area (Å²) in [5.74, 6) is 1.05. The summed E-state index contributed by atoms with van der Waals surface area (Å²) in [6.45, 7) is 6.52. The Morgan fingerprint density at radius 1 is 1.00 bits per heavy atom. The molecule has 0 spiro atoms. The van der Waals surface area contributed by atoms with Crippen molar-refractivity contribution in [3.63, 3.8) is 0 Å². The number of aromatic nitrogens is 2. The fourth-order valence-electron chi connectivity index (χ4n) is 4.29. The van der Waals surface area contributed by atoms with Crippen LogP contribution in [-0.2, 0) is 19.6 Å². The second-order valence-corrected chi connectivity index (χ2v) is 7.48. The molecule has 1 N–H and O–H groups in total. The summed E-state index contributed by atoms with van der Waals surface area (Å²) in [4.78, 5) is 14.2. The number of ether oxygens (including phenoxy) is 1. The molecule has 5 rings (SSSR count). The van der Waals surface area contributed by atoms with Gasteiger partial charge in [-0.1, -0.05) is 42.5 Å². The molecule has 1 fully saturated rings. The van der Waals surface area contributed by atoms with Crippen LogP contribution < -0.4 is 15.0 Å². The van der Waals surface area contributed by atoms with Gasteiger partial charge in [-0.2, -0.15) is 9.97 Å². The first kappa shape index (κ1) is 17.4. The number of methoxy groups -OCH3 is 1. The molecule has 2 aliphatic rings. The zero-order chi connectivity index (χ0) is 18.9. The number of benzene rings is 2. The zero-order valence-corrected chi connectivity index (χ0v) is 16.2. The van der Waals surface area contributed by atoms with E-state index < -0.39 is 0 Å². The summed E-state index contributed by atoms with van der Waals surface area (Å²) in [7, 11) is 1.64. The lowest BCUT2D eigenvalue weighted by atomic mass is 10.0. The highest BCUT2D eigenvalue weighted by Crippen LogP contribution is 2.32. The predicted molar refractivity (Wildman–Crippen MR) is 111 cm³/mol. The van der Waals surface area contributed by atoms with Gasteiger partial charge in [-0.15, -0.1) is 0 Å². The van der Waals surface area contributed by atoms with Crippen LogP contribution in [0.5, 0.6) is 6.01 Å². The monoisotopic (exact) mass is 375 g/mol. The molecule has 2 aromatic carbocycles. The minimum absolute atomic E-state index is 0.472. The maximum absolute atomic E-state index is 5.40. The van der Waals surface area contributed by atoms with E-state index in [2.05, 4.69) is 62.6 Å². The van der Waals surface area contributed by atoms with Crippen LogP contribution in [0, 0.1) is 0 Å². The van der Waals surface area contributed by atoms with Crippen molar-refractivity contribution in [1.82, 2.24) is 20.2 Å². The number of hydrogen-bond acceptors (Lipinski definition) is 6. The Balaban J connectivity index is 1.44. The van der Waals surface area contributed by atoms with Crippen molar-refractivity contribution < 1.29 is 4.74 Å². The van der Waals surface area contributed by atoms with Gasteiger partial charge >= 0.3 is 6.01 Å². The summed E-state index contributed by atoms with van der Waals surface area (Å²) >= 11 is 0. The maximum Gasteiger partial charge on any atom is 0.318 e. The van der Waals surface area contributed by atoms with Gasteiger partial charge in [0, 0.05) is 51.4 Å². The molecule has 6 heteroatoms. The van der Waals surface area contributed by atoms with Crippen LogP contribution in [0.2, 0.25) is 0 Å². The SMILES string of the molecule is COc1nc2c(c(N3CCNCC3)n1)CN(Cc1cccc3ccccc13)C2. The third kappa shape index (κ3) is 3.19. The van der Waals surface area contributed by atoms with Crippen LogP contribution in [-0.4, -0.2) is 48.2 Å². The second kappa shape index (κ2) is 7.37. The molecule has 2 aliphatic heterocycles. The summed E-state index contributed by atoms with van der Waals surface area (Å²) in [6, 6.07) is 15.6. The van der Waals surface area contributed by atoms with E-state index in [0.29, 0.717) is 6.01 Å². The number of hydrogen-bond donors (Lipinski definition) is 1. The molecular formula is C22H25N5O. The molecule has 0 atom stereocenters. The summed E-state index contributed by atoms with van der Waals surface area (Å²) in [5, 5.41) is 6.03. The minimum atomic E-state index is 0.472. The highest BCUT2D eigenvalue weighted by atomic mass is 16.5. The van der Waals surface area contributed by atoms with Gasteiger partial charge < -0.3 is 15.0 Å². The molecule has 0 radical (unpaired) electrons. The van der Waals surface area contributed by atoms with Crippen LogP contribution in [0.4, 0.5) is 5.82 Å². The smallest absolute Gasteiger partial charge is 0.318 e. The largest absolute Gasteiger partial charge is 0.467 e. The van der Waals surface area contributed by atoms with Crippen molar-refractivity contribution in [3.8, 4) is 6.01 Å². The van der Waals surface area contributed by atoms with E-state index in [1.807, 2.05) is 0 Å². The highest BCUT2D eigenvalue weighted by molar-refractivity contribution is 5.85. The van der Waals surface area contributed by atoms with Crippen LogP contribution in [0.1, 0.15) is 16.8 Å². The average molecular weight is 375 g/mol. The van der Waals surface area contributed by atoms with Crippen molar-refractivity contribution >= 4 is 16.6 Å². The van der Waals surface area contributed by atoms with Gasteiger partial charge in [-0.3, -0.25) is 4.90 Å². The molecular weight excluding hydrogens is 350 g/mol. The average Bonchev–Trinajstić information content (AvgIpc) is 3.16. The van der Waals surface area contributed by atoms with Gasteiger partial charge in [0.25, 0.3) is 0 Å². The lowest BCUT2D eigenvalue weighted by Gasteiger charge is -2.30. The van der Waals surface area contributed by atoms with Gasteiger partial charge in [0.2, 0.25) is 0 Å². The molecule has 0 amide bonds. The van der Waals surface area contributed by atoms with Gasteiger partial charge in [-0.05, 0) is 16.3 Å². The highest BCUT2D eigenvalue weighted by Gasteiger charge is 2.28. The van der Waals surface area contributed by atoms with Gasteiger partial charge in [0.05, 0.1) is 12.8 Å². The minimum Gasteiger partial charge on any atom is -0.467 e. The number of nitrogens with one attached hydrogen (secondary N) is 1. The van der Waals surface area contributed by atoms with Gasteiger partial charge in [0.15, 0.2) is 0 Å². The number of anilines is 1. The van der Waals surface area contributed by atoms with E-state index in [1.54, 1.807) is 7.11 Å². The molecule has 0 aliphatic carbocycles. The van der Waals surface area contributed by atoms with E-state index in [0.717, 1.165) is 57.3 Å². The van der Waals surface area contributed by atoms with E-state index in [-0.39, 0.29) is 0 Å². The molecule has 0 bridgehead atoms. The van der Waals surface area contributed by atoms with Gasteiger partial charge in [0.1, 0.15) is 5.82 Å². The first-order valence-electron chi connectivity index (χ1n) is 9.90. The Labute approximate surface area is 165 Å². The lowest BCUT2D eigenvalue weighted by molar-refractivity contribution is 0.274. The molecule has 0 unspecified atom stereocenters. The molecule has 3 aromatic rings. The Bertz CT molecular complexity index is 994. The van der Waals surface area contributed by atoms with Crippen LogP contribution in [0.15, 0.2) is 42.5 Å². The van der Waals surface area contributed by atoms with Crippen LogP contribution in [0.3, 0.4) is 0 Å². The number of fused-ring (bicyclic) bond motifs is 2. The van der Waals surface area contributed by atoms with Crippen molar-refractivity contribution in [2.45, 2.75) is 19.6 Å². The Kier molecular flexibility index (Phi) is 4.58. The summed E-state index contributed by atoms with van der Waals surface area (Å²) in [6.07, 6.45) is 0. The van der Waals surface area contributed by atoms with E-state index in [1.165, 1.54) is 21.9 Å². The van der Waals surface area contributed by atoms with Crippen molar-refractivity contribution in [2.24, 2.45) is 0 Å². The third-order valence-electron chi connectivity index (χ3n) is 5.68. The summed E-state index contributed by atoms with van der Waals surface area (Å²) in [5.41, 5.74) is 3.71. The lowest BCUT2D eigenvalue weighted by Crippen LogP contribution is -2.44. The molecule has 1 aromatic heterocycles. The van der Waals surface area contributed by atoms with Crippen LogP contribution in [0.25, 0.3) is 10.8 Å². The van der Waals surface area contributed by atoms with Crippen molar-refractivity contribution in [1.29, 1.82) is 0 Å². The van der Waals surface area contributed by atoms with E-state index in [9.17, 15) is 0 Å². The van der Waals surface area contributed by atoms with Crippen molar-refractivity contribution in [3.05, 3.63) is 59.3 Å².